The molecule has 1 aliphatic rings. The van der Waals surface area contributed by atoms with E-state index < -0.39 is 10.0 Å². The van der Waals surface area contributed by atoms with Crippen LogP contribution in [-0.4, -0.2) is 30.4 Å². The summed E-state index contributed by atoms with van der Waals surface area (Å²) in [5.41, 5.74) is 0.875. The van der Waals surface area contributed by atoms with Crippen LogP contribution >= 0.6 is 11.6 Å². The summed E-state index contributed by atoms with van der Waals surface area (Å²) in [6, 6.07) is 1.73. The third-order valence-corrected chi connectivity index (χ3v) is 5.94. The van der Waals surface area contributed by atoms with E-state index >= 15 is 0 Å². The van der Waals surface area contributed by atoms with Crippen molar-refractivity contribution in [1.82, 2.24) is 8.87 Å². The van der Waals surface area contributed by atoms with Crippen molar-refractivity contribution in [3.63, 3.8) is 0 Å². The molecule has 1 aliphatic carbocycles. The largest absolute Gasteiger partial charge is 0.349 e. The normalized spacial score (nSPS) is 15.8. The van der Waals surface area contributed by atoms with Crippen molar-refractivity contribution < 1.29 is 8.42 Å². The first-order valence-electron chi connectivity index (χ1n) is 7.78. The molecule has 1 saturated carbocycles. The Kier molecular flexibility index (Phi) is 5.74. The molecule has 0 amide bonds. The molecule has 0 bridgehead atoms. The highest BCUT2D eigenvalue weighted by atomic mass is 35.5. The third kappa shape index (κ3) is 4.02. The molecule has 0 N–H and O–H groups in total. The second-order valence-electron chi connectivity index (χ2n) is 5.80. The zero-order valence-corrected chi connectivity index (χ0v) is 14.5. The fraction of sp³-hybridized carbons (Fsp3) is 0.733. The lowest BCUT2D eigenvalue weighted by atomic mass is 10.4. The molecule has 0 unspecified atom stereocenters. The van der Waals surface area contributed by atoms with Crippen molar-refractivity contribution in [2.24, 2.45) is 5.92 Å². The molecule has 1 fully saturated rings. The number of hydrogen-bond acceptors (Lipinski definition) is 2. The van der Waals surface area contributed by atoms with Crippen molar-refractivity contribution >= 4 is 21.6 Å². The van der Waals surface area contributed by atoms with Gasteiger partial charge in [-0.05, 0) is 37.7 Å². The van der Waals surface area contributed by atoms with Gasteiger partial charge in [-0.2, -0.15) is 4.31 Å². The van der Waals surface area contributed by atoms with E-state index in [2.05, 4.69) is 6.92 Å². The molecule has 4 nitrogen and oxygen atoms in total. The van der Waals surface area contributed by atoms with Crippen LogP contribution < -0.4 is 0 Å². The lowest BCUT2D eigenvalue weighted by Gasteiger charge is -2.20. The van der Waals surface area contributed by atoms with Crippen LogP contribution in [0.5, 0.6) is 0 Å². The number of alkyl halides is 1. The SMILES string of the molecule is CCCN(CC1CC1)S(=O)(=O)c1cc(CCl)n(CCC)c1. The molecule has 1 aromatic heterocycles. The zero-order chi connectivity index (χ0) is 15.5. The molecule has 0 saturated heterocycles. The average molecular weight is 333 g/mol. The molecule has 6 heteroatoms. The average Bonchev–Trinajstić information content (AvgIpc) is 3.17. The van der Waals surface area contributed by atoms with Gasteiger partial charge in [-0.15, -0.1) is 11.6 Å². The molecule has 0 spiro atoms. The molecular formula is C15H25ClN2O2S. The number of aryl methyl sites for hydroxylation is 1. The summed E-state index contributed by atoms with van der Waals surface area (Å²) in [6.45, 7) is 6.14. The Bertz CT molecular complexity index is 564. The van der Waals surface area contributed by atoms with Gasteiger partial charge in [0.05, 0.1) is 5.88 Å². The zero-order valence-electron chi connectivity index (χ0n) is 12.9. The molecule has 1 heterocycles. The first-order valence-corrected chi connectivity index (χ1v) is 9.75. The van der Waals surface area contributed by atoms with Crippen molar-refractivity contribution in [2.75, 3.05) is 13.1 Å². The second kappa shape index (κ2) is 7.16. The molecule has 0 aliphatic heterocycles. The van der Waals surface area contributed by atoms with Crippen LogP contribution in [0, 0.1) is 5.92 Å². The fourth-order valence-electron chi connectivity index (χ4n) is 2.52. The van der Waals surface area contributed by atoms with E-state index in [0.717, 1.165) is 37.9 Å². The predicted octanol–water partition coefficient (Wildman–Crippen LogP) is 3.45. The molecule has 21 heavy (non-hydrogen) atoms. The van der Waals surface area contributed by atoms with Crippen molar-refractivity contribution in [3.05, 3.63) is 18.0 Å². The number of nitrogens with zero attached hydrogens (tertiary/aromatic N) is 2. The van der Waals surface area contributed by atoms with Gasteiger partial charge in [0.2, 0.25) is 10.0 Å². The van der Waals surface area contributed by atoms with Crippen molar-refractivity contribution in [3.8, 4) is 0 Å². The molecular weight excluding hydrogens is 308 g/mol. The summed E-state index contributed by atoms with van der Waals surface area (Å²) in [4.78, 5) is 0.390. The van der Waals surface area contributed by atoms with Crippen LogP contribution in [0.2, 0.25) is 0 Å². The Morgan fingerprint density at radius 2 is 2.05 bits per heavy atom. The Balaban J connectivity index is 2.27. The highest BCUT2D eigenvalue weighted by Crippen LogP contribution is 2.32. The monoisotopic (exact) mass is 332 g/mol. The number of sulfonamides is 1. The third-order valence-electron chi connectivity index (χ3n) is 3.83. The van der Waals surface area contributed by atoms with Crippen molar-refractivity contribution in [1.29, 1.82) is 0 Å². The standard InChI is InChI=1S/C15H25ClN2O2S/c1-3-7-17-12-15(9-14(17)10-16)21(19,20)18(8-4-2)11-13-5-6-13/h9,12-13H,3-8,10-11H2,1-2H3. The van der Waals surface area contributed by atoms with Gasteiger partial charge in [-0.1, -0.05) is 13.8 Å². The van der Waals surface area contributed by atoms with Gasteiger partial charge in [0.15, 0.2) is 0 Å². The number of hydrogen-bond donors (Lipinski definition) is 0. The minimum atomic E-state index is -3.39. The van der Waals surface area contributed by atoms with Gasteiger partial charge < -0.3 is 4.57 Å². The second-order valence-corrected chi connectivity index (χ2v) is 8.01. The van der Waals surface area contributed by atoms with Crippen LogP contribution in [-0.2, 0) is 22.4 Å². The Morgan fingerprint density at radius 3 is 2.57 bits per heavy atom. The fourth-order valence-corrected chi connectivity index (χ4v) is 4.43. The molecule has 2 rings (SSSR count). The van der Waals surface area contributed by atoms with E-state index in [-0.39, 0.29) is 0 Å². The number of rotatable bonds is 9. The van der Waals surface area contributed by atoms with Crippen LogP contribution in [0.4, 0.5) is 0 Å². The van der Waals surface area contributed by atoms with Gasteiger partial charge in [0.1, 0.15) is 4.90 Å². The molecule has 1 aromatic rings. The van der Waals surface area contributed by atoms with Crippen LogP contribution in [0.3, 0.4) is 0 Å². The highest BCUT2D eigenvalue weighted by Gasteiger charge is 2.32. The Hall–Kier alpha value is -0.520. The van der Waals surface area contributed by atoms with Gasteiger partial charge in [0.25, 0.3) is 0 Å². The molecule has 0 atom stereocenters. The summed E-state index contributed by atoms with van der Waals surface area (Å²) in [7, 11) is -3.39. The molecule has 120 valence electrons. The minimum absolute atomic E-state index is 0.339. The van der Waals surface area contributed by atoms with E-state index in [0.29, 0.717) is 29.8 Å². The van der Waals surface area contributed by atoms with Gasteiger partial charge in [0, 0.05) is 31.5 Å². The topological polar surface area (TPSA) is 42.3 Å². The predicted molar refractivity (Wildman–Crippen MR) is 86.1 cm³/mol. The maximum absolute atomic E-state index is 12.8. The summed E-state index contributed by atoms with van der Waals surface area (Å²) in [5, 5.41) is 0. The summed E-state index contributed by atoms with van der Waals surface area (Å²) >= 11 is 5.94. The maximum atomic E-state index is 12.8. The minimum Gasteiger partial charge on any atom is -0.349 e. The first kappa shape index (κ1) is 16.8. The van der Waals surface area contributed by atoms with Gasteiger partial charge >= 0.3 is 0 Å². The van der Waals surface area contributed by atoms with E-state index in [1.807, 2.05) is 11.5 Å². The van der Waals surface area contributed by atoms with Crippen LogP contribution in [0.25, 0.3) is 0 Å². The van der Waals surface area contributed by atoms with E-state index in [1.54, 1.807) is 16.6 Å². The number of aromatic nitrogens is 1. The van der Waals surface area contributed by atoms with Gasteiger partial charge in [-0.25, -0.2) is 8.42 Å². The summed E-state index contributed by atoms with van der Waals surface area (Å²) < 4.78 is 29.3. The Labute approximate surface area is 133 Å². The smallest absolute Gasteiger partial charge is 0.244 e. The highest BCUT2D eigenvalue weighted by molar-refractivity contribution is 7.89. The summed E-state index contributed by atoms with van der Waals surface area (Å²) in [6.07, 6.45) is 5.84. The quantitative estimate of drug-likeness (QED) is 0.650. The summed E-state index contributed by atoms with van der Waals surface area (Å²) in [5.74, 6) is 0.892. The lowest BCUT2D eigenvalue weighted by molar-refractivity contribution is 0.395. The van der Waals surface area contributed by atoms with Crippen LogP contribution in [0.15, 0.2) is 17.2 Å². The van der Waals surface area contributed by atoms with E-state index in [9.17, 15) is 8.42 Å². The maximum Gasteiger partial charge on any atom is 0.244 e. The van der Waals surface area contributed by atoms with E-state index in [1.165, 1.54) is 0 Å². The van der Waals surface area contributed by atoms with Gasteiger partial charge in [-0.3, -0.25) is 0 Å². The molecule has 0 radical (unpaired) electrons. The first-order chi connectivity index (χ1) is 10.0. The lowest BCUT2D eigenvalue weighted by Crippen LogP contribution is -2.33. The van der Waals surface area contributed by atoms with E-state index in [4.69, 9.17) is 11.6 Å². The Morgan fingerprint density at radius 1 is 1.33 bits per heavy atom. The molecule has 0 aromatic carbocycles. The van der Waals surface area contributed by atoms with Crippen LogP contribution in [0.1, 0.15) is 45.2 Å². The van der Waals surface area contributed by atoms with Crippen molar-refractivity contribution in [2.45, 2.75) is 56.9 Å². The number of halogens is 1.